The fourth-order valence-electron chi connectivity index (χ4n) is 4.61. The average molecular weight is 356 g/mol. The maximum Gasteiger partial charge on any atom is 0.0541 e. The van der Waals surface area contributed by atoms with Crippen molar-refractivity contribution < 1.29 is 37.8 Å². The maximum atomic E-state index is 9.57. The van der Waals surface area contributed by atoms with Gasteiger partial charge in [-0.15, -0.1) is 0 Å². The van der Waals surface area contributed by atoms with Gasteiger partial charge in [0.05, 0.1) is 6.10 Å². The summed E-state index contributed by atoms with van der Waals surface area (Å²) < 4.78 is 0. The van der Waals surface area contributed by atoms with Gasteiger partial charge in [0.1, 0.15) is 0 Å². The van der Waals surface area contributed by atoms with Gasteiger partial charge in [0.25, 0.3) is 0 Å². The zero-order chi connectivity index (χ0) is 13.9. The molecule has 1 radical (unpaired) electrons. The minimum absolute atomic E-state index is 0. The predicted octanol–water partition coefficient (Wildman–Crippen LogP) is 3.83. The van der Waals surface area contributed by atoms with E-state index in [2.05, 4.69) is 11.8 Å². The molecule has 3 rings (SSSR count). The van der Waals surface area contributed by atoms with Crippen LogP contribution in [-0.2, 0) is 32.7 Å². The number of nitrogens with zero attached hydrogens (tertiary/aromatic N) is 1. The van der Waals surface area contributed by atoms with Crippen molar-refractivity contribution in [2.75, 3.05) is 13.1 Å². The number of hydrogen-bond acceptors (Lipinski definition) is 2. The summed E-state index contributed by atoms with van der Waals surface area (Å²) in [5.74, 6) is 0.992. The zero-order valence-electron chi connectivity index (χ0n) is 13.8. The molecule has 1 heterocycles. The van der Waals surface area contributed by atoms with Gasteiger partial charge in [0.15, 0.2) is 0 Å². The molecule has 2 aliphatic carbocycles. The standard InChI is InChI=1S/C15H27NO.C2H6.Y/c1-12-10-15(11-12)6-8-16(9-7-15)13-2-4-14(17)5-3-13;1-2;/h12-14,17H,2-11H2,1H3;1-2H3;. The number of aliphatic hydroxyl groups is 1. The van der Waals surface area contributed by atoms with Gasteiger partial charge >= 0.3 is 0 Å². The van der Waals surface area contributed by atoms with Crippen molar-refractivity contribution in [3.05, 3.63) is 0 Å². The van der Waals surface area contributed by atoms with E-state index in [0.29, 0.717) is 0 Å². The Hall–Kier alpha value is 1.02. The summed E-state index contributed by atoms with van der Waals surface area (Å²) in [4.78, 5) is 2.72. The Bertz CT molecular complexity index is 260. The molecule has 0 amide bonds. The van der Waals surface area contributed by atoms with Crippen LogP contribution in [0.5, 0.6) is 0 Å². The van der Waals surface area contributed by atoms with E-state index < -0.39 is 0 Å². The molecule has 1 aliphatic heterocycles. The summed E-state index contributed by atoms with van der Waals surface area (Å²) in [5.41, 5.74) is 0.754. The maximum absolute atomic E-state index is 9.57. The molecule has 0 atom stereocenters. The van der Waals surface area contributed by atoms with Crippen molar-refractivity contribution in [1.29, 1.82) is 0 Å². The van der Waals surface area contributed by atoms with Crippen LogP contribution in [0.4, 0.5) is 0 Å². The molecule has 1 spiro atoms. The third-order valence-corrected chi connectivity index (χ3v) is 5.60. The molecule has 0 aromatic carbocycles. The molecule has 3 fully saturated rings. The summed E-state index contributed by atoms with van der Waals surface area (Å²) in [6, 6.07) is 0.785. The molecule has 1 N–H and O–H groups in total. The molecule has 0 aromatic heterocycles. The van der Waals surface area contributed by atoms with E-state index in [9.17, 15) is 5.11 Å². The monoisotopic (exact) mass is 356 g/mol. The fraction of sp³-hybridized carbons (Fsp3) is 1.00. The molecule has 2 saturated carbocycles. The molecule has 0 aromatic rings. The van der Waals surface area contributed by atoms with E-state index in [4.69, 9.17) is 0 Å². The number of likely N-dealkylation sites (tertiary alicyclic amines) is 1. The molecule has 0 bridgehead atoms. The van der Waals surface area contributed by atoms with Gasteiger partial charge in [0.2, 0.25) is 0 Å². The minimum atomic E-state index is -0.00476. The van der Waals surface area contributed by atoms with Crippen LogP contribution in [0.3, 0.4) is 0 Å². The van der Waals surface area contributed by atoms with E-state index in [1.54, 1.807) is 0 Å². The molecular formula is C17H33NOY. The van der Waals surface area contributed by atoms with Crippen molar-refractivity contribution in [2.45, 2.75) is 84.3 Å². The van der Waals surface area contributed by atoms with Crippen molar-refractivity contribution in [1.82, 2.24) is 4.90 Å². The molecule has 0 unspecified atom stereocenters. The summed E-state index contributed by atoms with van der Waals surface area (Å²) in [5, 5.41) is 9.57. The normalized spacial score (nSPS) is 33.6. The number of piperidine rings is 1. The largest absolute Gasteiger partial charge is 0.393 e. The first-order chi connectivity index (χ1) is 9.17. The van der Waals surface area contributed by atoms with Gasteiger partial charge in [-0.25, -0.2) is 0 Å². The predicted molar refractivity (Wildman–Crippen MR) is 81.2 cm³/mol. The number of rotatable bonds is 1. The van der Waals surface area contributed by atoms with Gasteiger partial charge in [-0.1, -0.05) is 20.8 Å². The van der Waals surface area contributed by atoms with Crippen molar-refractivity contribution in [2.24, 2.45) is 11.3 Å². The molecule has 3 aliphatic rings. The first kappa shape index (κ1) is 19.1. The Kier molecular flexibility index (Phi) is 8.20. The van der Waals surface area contributed by atoms with Crippen LogP contribution in [0, 0.1) is 11.3 Å². The number of hydrogen-bond donors (Lipinski definition) is 1. The van der Waals surface area contributed by atoms with Gasteiger partial charge in [-0.05, 0) is 75.8 Å². The smallest absolute Gasteiger partial charge is 0.0541 e. The van der Waals surface area contributed by atoms with E-state index in [-0.39, 0.29) is 38.8 Å². The van der Waals surface area contributed by atoms with Crippen LogP contribution in [0.15, 0.2) is 0 Å². The molecule has 115 valence electrons. The SMILES string of the molecule is CC.CC1CC2(CCN(C3CCC(O)CC3)CC2)C1.[Y]. The van der Waals surface area contributed by atoms with Crippen LogP contribution in [0.2, 0.25) is 0 Å². The third-order valence-electron chi connectivity index (χ3n) is 5.60. The van der Waals surface area contributed by atoms with E-state index in [1.165, 1.54) is 51.6 Å². The van der Waals surface area contributed by atoms with Crippen LogP contribution >= 0.6 is 0 Å². The second-order valence-corrected chi connectivity index (χ2v) is 7.01. The Labute approximate surface area is 151 Å². The first-order valence-electron chi connectivity index (χ1n) is 8.59. The van der Waals surface area contributed by atoms with Crippen LogP contribution < -0.4 is 0 Å². The van der Waals surface area contributed by atoms with Gasteiger partial charge in [0, 0.05) is 38.8 Å². The first-order valence-corrected chi connectivity index (χ1v) is 8.59. The fourth-order valence-corrected chi connectivity index (χ4v) is 4.61. The minimum Gasteiger partial charge on any atom is -0.393 e. The van der Waals surface area contributed by atoms with Gasteiger partial charge in [-0.2, -0.15) is 0 Å². The molecule has 20 heavy (non-hydrogen) atoms. The Morgan fingerprint density at radius 3 is 1.90 bits per heavy atom. The molecular weight excluding hydrogens is 323 g/mol. The van der Waals surface area contributed by atoms with E-state index in [0.717, 1.165) is 30.2 Å². The summed E-state index contributed by atoms with van der Waals surface area (Å²) in [7, 11) is 0. The van der Waals surface area contributed by atoms with E-state index in [1.807, 2.05) is 13.8 Å². The van der Waals surface area contributed by atoms with Crippen LogP contribution in [-0.4, -0.2) is 35.2 Å². The second kappa shape index (κ2) is 8.60. The van der Waals surface area contributed by atoms with Crippen molar-refractivity contribution in [3.8, 4) is 0 Å². The molecule has 1 saturated heterocycles. The van der Waals surface area contributed by atoms with Gasteiger partial charge in [-0.3, -0.25) is 0 Å². The average Bonchev–Trinajstić information content (AvgIpc) is 2.42. The Morgan fingerprint density at radius 1 is 0.950 bits per heavy atom. The van der Waals surface area contributed by atoms with Crippen molar-refractivity contribution in [3.63, 3.8) is 0 Å². The topological polar surface area (TPSA) is 23.5 Å². The number of aliphatic hydroxyl groups excluding tert-OH is 1. The molecule has 2 nitrogen and oxygen atoms in total. The van der Waals surface area contributed by atoms with Crippen LogP contribution in [0.1, 0.15) is 72.1 Å². The second-order valence-electron chi connectivity index (χ2n) is 7.01. The third kappa shape index (κ3) is 4.51. The summed E-state index contributed by atoms with van der Waals surface area (Å²) in [6.45, 7) is 9.06. The van der Waals surface area contributed by atoms with Crippen LogP contribution in [0.25, 0.3) is 0 Å². The Balaban J connectivity index is 0.000000639. The van der Waals surface area contributed by atoms with E-state index >= 15 is 0 Å². The summed E-state index contributed by atoms with van der Waals surface area (Å²) in [6.07, 6.45) is 10.4. The molecule has 3 heteroatoms. The zero-order valence-corrected chi connectivity index (χ0v) is 16.6. The Morgan fingerprint density at radius 2 is 1.45 bits per heavy atom. The van der Waals surface area contributed by atoms with Gasteiger partial charge < -0.3 is 10.0 Å². The van der Waals surface area contributed by atoms with Crippen molar-refractivity contribution >= 4 is 0 Å². The quantitative estimate of drug-likeness (QED) is 0.772. The summed E-state index contributed by atoms with van der Waals surface area (Å²) >= 11 is 0.